The van der Waals surface area contributed by atoms with E-state index in [9.17, 15) is 22.8 Å². The highest BCUT2D eigenvalue weighted by atomic mass is 32.1. The van der Waals surface area contributed by atoms with Crippen LogP contribution >= 0.6 is 11.3 Å². The van der Waals surface area contributed by atoms with Crippen LogP contribution in [-0.2, 0) is 11.0 Å². The number of hydrazine groups is 1. The van der Waals surface area contributed by atoms with Crippen molar-refractivity contribution in [1.29, 1.82) is 0 Å². The van der Waals surface area contributed by atoms with Crippen molar-refractivity contribution in [2.75, 3.05) is 18.5 Å². The van der Waals surface area contributed by atoms with Crippen molar-refractivity contribution in [2.24, 2.45) is 5.92 Å². The maximum Gasteiger partial charge on any atom is 0.418 e. The molecule has 1 fully saturated rings. The lowest BCUT2D eigenvalue weighted by Gasteiger charge is -2.32. The third-order valence-electron chi connectivity index (χ3n) is 4.36. The van der Waals surface area contributed by atoms with Crippen molar-refractivity contribution < 1.29 is 22.8 Å². The van der Waals surface area contributed by atoms with Crippen LogP contribution in [0, 0.1) is 5.92 Å². The molecule has 27 heavy (non-hydrogen) atoms. The fraction of sp³-hybridized carbons (Fsp3) is 0.333. The number of carbonyl (C=O) groups is 2. The highest BCUT2D eigenvalue weighted by Gasteiger charge is 2.34. The van der Waals surface area contributed by atoms with E-state index in [0.717, 1.165) is 6.07 Å². The van der Waals surface area contributed by atoms with E-state index in [1.165, 1.54) is 29.5 Å². The fourth-order valence-corrected chi connectivity index (χ4v) is 3.69. The number of rotatable bonds is 4. The molecule has 1 aliphatic rings. The Labute approximate surface area is 158 Å². The molecule has 0 spiro atoms. The van der Waals surface area contributed by atoms with Crippen molar-refractivity contribution in [3.05, 3.63) is 52.2 Å². The second-order valence-corrected chi connectivity index (χ2v) is 7.17. The lowest BCUT2D eigenvalue weighted by molar-refractivity contribution is -0.137. The number of benzene rings is 1. The predicted octanol–water partition coefficient (Wildman–Crippen LogP) is 3.76. The first-order valence-electron chi connectivity index (χ1n) is 8.41. The van der Waals surface area contributed by atoms with E-state index in [1.54, 1.807) is 17.0 Å². The summed E-state index contributed by atoms with van der Waals surface area (Å²) in [6, 6.07) is 8.43. The van der Waals surface area contributed by atoms with Gasteiger partial charge in [0, 0.05) is 13.1 Å². The molecule has 144 valence electrons. The first-order valence-corrected chi connectivity index (χ1v) is 9.29. The number of halogens is 3. The number of hydrogen-bond acceptors (Lipinski definition) is 4. The number of anilines is 1. The van der Waals surface area contributed by atoms with Crippen molar-refractivity contribution in [2.45, 2.75) is 19.0 Å². The van der Waals surface area contributed by atoms with E-state index in [4.69, 9.17) is 0 Å². The Bertz CT molecular complexity index is 808. The number of likely N-dealkylation sites (tertiary alicyclic amines) is 1. The minimum atomic E-state index is -4.52. The topological polar surface area (TPSA) is 61.4 Å². The van der Waals surface area contributed by atoms with Crippen LogP contribution in [0.3, 0.4) is 0 Å². The largest absolute Gasteiger partial charge is 0.418 e. The van der Waals surface area contributed by atoms with Crippen molar-refractivity contribution in [3.63, 3.8) is 0 Å². The molecule has 2 amide bonds. The van der Waals surface area contributed by atoms with E-state index in [0.29, 0.717) is 24.3 Å². The Morgan fingerprint density at radius 3 is 2.63 bits per heavy atom. The van der Waals surface area contributed by atoms with Crippen molar-refractivity contribution in [3.8, 4) is 0 Å². The molecule has 1 saturated heterocycles. The van der Waals surface area contributed by atoms with Gasteiger partial charge in [-0.25, -0.2) is 0 Å². The molecular formula is C18H18F3N3O2S. The van der Waals surface area contributed by atoms with Gasteiger partial charge in [-0.15, -0.1) is 11.3 Å². The van der Waals surface area contributed by atoms with Crippen LogP contribution < -0.4 is 10.9 Å². The third kappa shape index (κ3) is 4.60. The molecule has 1 aromatic heterocycles. The molecule has 3 rings (SSSR count). The number of alkyl halides is 3. The van der Waals surface area contributed by atoms with Gasteiger partial charge in [-0.2, -0.15) is 13.2 Å². The average molecular weight is 397 g/mol. The van der Waals surface area contributed by atoms with E-state index in [-0.39, 0.29) is 18.1 Å². The van der Waals surface area contributed by atoms with E-state index in [1.807, 2.05) is 5.38 Å². The smallest absolute Gasteiger partial charge is 0.337 e. The quantitative estimate of drug-likeness (QED) is 0.773. The normalized spacial score (nSPS) is 17.4. The molecule has 0 aliphatic carbocycles. The molecule has 9 heteroatoms. The summed E-state index contributed by atoms with van der Waals surface area (Å²) < 4.78 is 39.0. The summed E-state index contributed by atoms with van der Waals surface area (Å²) in [5, 5.41) is 1.81. The molecule has 5 nitrogen and oxygen atoms in total. The fourth-order valence-electron chi connectivity index (χ4n) is 3.00. The maximum atomic E-state index is 13.0. The van der Waals surface area contributed by atoms with Gasteiger partial charge in [0.15, 0.2) is 0 Å². The van der Waals surface area contributed by atoms with E-state index in [2.05, 4.69) is 10.9 Å². The molecule has 1 unspecified atom stereocenters. The van der Waals surface area contributed by atoms with Crippen LogP contribution in [0.15, 0.2) is 41.8 Å². The summed E-state index contributed by atoms with van der Waals surface area (Å²) in [7, 11) is 0. The number of piperidine rings is 1. The number of nitrogens with zero attached hydrogens (tertiary/aromatic N) is 1. The van der Waals surface area contributed by atoms with Crippen LogP contribution in [0.1, 0.15) is 28.1 Å². The second kappa shape index (κ2) is 7.99. The van der Waals surface area contributed by atoms with Gasteiger partial charge in [-0.05, 0) is 36.4 Å². The van der Waals surface area contributed by atoms with Gasteiger partial charge in [0.25, 0.3) is 5.91 Å². The van der Waals surface area contributed by atoms with E-state index >= 15 is 0 Å². The summed E-state index contributed by atoms with van der Waals surface area (Å²) in [4.78, 5) is 27.0. The Kier molecular flexibility index (Phi) is 5.69. The van der Waals surface area contributed by atoms with Crippen LogP contribution in [0.25, 0.3) is 0 Å². The zero-order chi connectivity index (χ0) is 19.4. The lowest BCUT2D eigenvalue weighted by Crippen LogP contribution is -2.46. The molecule has 1 atom stereocenters. The highest BCUT2D eigenvalue weighted by Crippen LogP contribution is 2.34. The summed E-state index contributed by atoms with van der Waals surface area (Å²) >= 11 is 1.34. The number of thiophene rings is 1. The first-order chi connectivity index (χ1) is 12.9. The number of nitrogens with one attached hydrogen (secondary N) is 2. The van der Waals surface area contributed by atoms with Gasteiger partial charge >= 0.3 is 6.18 Å². The van der Waals surface area contributed by atoms with Crippen molar-refractivity contribution >= 4 is 28.8 Å². The molecule has 2 heterocycles. The molecule has 0 radical (unpaired) electrons. The first kappa shape index (κ1) is 19.2. The maximum absolute atomic E-state index is 13.0. The van der Waals surface area contributed by atoms with Gasteiger partial charge in [0.05, 0.1) is 22.0 Å². The number of para-hydroxylation sites is 1. The highest BCUT2D eigenvalue weighted by molar-refractivity contribution is 7.12. The summed E-state index contributed by atoms with van der Waals surface area (Å²) in [6.07, 6.45) is -3.29. The minimum absolute atomic E-state index is 0.127. The van der Waals surface area contributed by atoms with Crippen LogP contribution in [0.5, 0.6) is 0 Å². The molecule has 1 aromatic carbocycles. The van der Waals surface area contributed by atoms with Gasteiger partial charge in [-0.1, -0.05) is 18.2 Å². The molecule has 2 aromatic rings. The van der Waals surface area contributed by atoms with Crippen LogP contribution in [0.2, 0.25) is 0 Å². The van der Waals surface area contributed by atoms with Crippen LogP contribution in [-0.4, -0.2) is 29.8 Å². The summed E-state index contributed by atoms with van der Waals surface area (Å²) in [6.45, 7) is 0.802. The molecule has 0 bridgehead atoms. The molecule has 2 N–H and O–H groups in total. The summed E-state index contributed by atoms with van der Waals surface area (Å²) in [5.74, 6) is -1.04. The molecule has 0 saturated carbocycles. The van der Waals surface area contributed by atoms with E-state index < -0.39 is 23.6 Å². The summed E-state index contributed by atoms with van der Waals surface area (Å²) in [5.41, 5.74) is 3.64. The number of hydrogen-bond donors (Lipinski definition) is 2. The minimum Gasteiger partial charge on any atom is -0.337 e. The predicted molar refractivity (Wildman–Crippen MR) is 96.2 cm³/mol. The standard InChI is InChI=1S/C18H18F3N3O2S/c19-18(20,21)13-6-1-2-7-14(13)22-23-16(25)12-5-3-9-24(11-12)17(26)15-8-4-10-27-15/h1-2,4,6-8,10,12,22H,3,5,9,11H2,(H,23,25). The molecular weight excluding hydrogens is 379 g/mol. The Balaban J connectivity index is 1.61. The van der Waals surface area contributed by atoms with Gasteiger partial charge in [-0.3, -0.25) is 20.4 Å². The number of amides is 2. The zero-order valence-electron chi connectivity index (χ0n) is 14.3. The zero-order valence-corrected chi connectivity index (χ0v) is 15.1. The number of carbonyl (C=O) groups excluding carboxylic acids is 2. The Morgan fingerprint density at radius 1 is 1.15 bits per heavy atom. The monoisotopic (exact) mass is 397 g/mol. The lowest BCUT2D eigenvalue weighted by atomic mass is 9.97. The molecule has 1 aliphatic heterocycles. The second-order valence-electron chi connectivity index (χ2n) is 6.23. The van der Waals surface area contributed by atoms with Gasteiger partial charge < -0.3 is 4.90 Å². The van der Waals surface area contributed by atoms with Gasteiger partial charge in [0.1, 0.15) is 0 Å². The van der Waals surface area contributed by atoms with Gasteiger partial charge in [0.2, 0.25) is 5.91 Å². The Morgan fingerprint density at radius 2 is 1.93 bits per heavy atom. The third-order valence-corrected chi connectivity index (χ3v) is 5.22. The average Bonchev–Trinajstić information content (AvgIpc) is 3.20. The Hall–Kier alpha value is -2.55. The van der Waals surface area contributed by atoms with Crippen LogP contribution in [0.4, 0.5) is 18.9 Å². The van der Waals surface area contributed by atoms with Crippen molar-refractivity contribution in [1.82, 2.24) is 10.3 Å². The SMILES string of the molecule is O=C(NNc1ccccc1C(F)(F)F)C1CCCN(C(=O)c2cccs2)C1.